The fourth-order valence-electron chi connectivity index (χ4n) is 1.73. The molecule has 2 aromatic rings. The van der Waals surface area contributed by atoms with Gasteiger partial charge in [-0.2, -0.15) is 5.10 Å². The van der Waals surface area contributed by atoms with Crippen LogP contribution >= 0.6 is 11.3 Å². The Balaban J connectivity index is 2.10. The van der Waals surface area contributed by atoms with Crippen molar-refractivity contribution in [1.29, 1.82) is 0 Å². The van der Waals surface area contributed by atoms with Crippen molar-refractivity contribution in [2.45, 2.75) is 27.2 Å². The Morgan fingerprint density at radius 1 is 1.52 bits per heavy atom. The Morgan fingerprint density at radius 2 is 2.24 bits per heavy atom. The van der Waals surface area contributed by atoms with Crippen molar-refractivity contribution in [2.75, 3.05) is 5.32 Å². The van der Waals surface area contributed by atoms with E-state index in [1.54, 1.807) is 0 Å². The summed E-state index contributed by atoms with van der Waals surface area (Å²) in [5.41, 5.74) is 0.422. The molecule has 0 aromatic carbocycles. The van der Waals surface area contributed by atoms with Gasteiger partial charge in [0.15, 0.2) is 5.13 Å². The van der Waals surface area contributed by atoms with E-state index >= 15 is 0 Å². The van der Waals surface area contributed by atoms with E-state index in [0.717, 1.165) is 18.3 Å². The minimum atomic E-state index is -0.661. The standard InChI is InChI=1S/C12H15N5O3S/c1-12(2,3)4-7-6-21-11(14-7)15-10(18)9-8(17(19)20)5-13-16-9/h5-6H,4H2,1-3H3,(H,13,16)(H,14,15,18). The zero-order chi connectivity index (χ0) is 15.6. The first-order valence-corrected chi connectivity index (χ1v) is 7.08. The van der Waals surface area contributed by atoms with E-state index in [4.69, 9.17) is 0 Å². The number of nitrogens with zero attached hydrogens (tertiary/aromatic N) is 3. The molecule has 0 aliphatic carbocycles. The lowest BCUT2D eigenvalue weighted by Gasteiger charge is -2.15. The van der Waals surface area contributed by atoms with Crippen LogP contribution in [0.3, 0.4) is 0 Å². The van der Waals surface area contributed by atoms with Crippen molar-refractivity contribution in [2.24, 2.45) is 5.41 Å². The molecular weight excluding hydrogens is 294 g/mol. The van der Waals surface area contributed by atoms with Gasteiger partial charge in [0, 0.05) is 5.38 Å². The SMILES string of the molecule is CC(C)(C)Cc1csc(NC(=O)c2[nH]ncc2[N+](=O)[O-])n1. The second-order valence-corrected chi connectivity index (χ2v) is 6.58. The molecule has 8 nitrogen and oxygen atoms in total. The van der Waals surface area contributed by atoms with Gasteiger partial charge in [0.05, 0.1) is 10.6 Å². The van der Waals surface area contributed by atoms with Crippen LogP contribution in [0.5, 0.6) is 0 Å². The van der Waals surface area contributed by atoms with Crippen LogP contribution in [0.1, 0.15) is 37.0 Å². The monoisotopic (exact) mass is 309 g/mol. The van der Waals surface area contributed by atoms with Gasteiger partial charge in [0.25, 0.3) is 5.91 Å². The number of carbonyl (C=O) groups is 1. The van der Waals surface area contributed by atoms with Crippen LogP contribution < -0.4 is 5.32 Å². The van der Waals surface area contributed by atoms with Crippen molar-refractivity contribution in [1.82, 2.24) is 15.2 Å². The summed E-state index contributed by atoms with van der Waals surface area (Å²) < 4.78 is 0. The Kier molecular flexibility index (Phi) is 4.03. The summed E-state index contributed by atoms with van der Waals surface area (Å²) in [4.78, 5) is 26.4. The molecule has 0 aliphatic heterocycles. The first-order valence-electron chi connectivity index (χ1n) is 6.20. The first kappa shape index (κ1) is 15.1. The third-order valence-corrected chi connectivity index (χ3v) is 3.33. The minimum absolute atomic E-state index is 0.0948. The van der Waals surface area contributed by atoms with Gasteiger partial charge >= 0.3 is 5.69 Å². The van der Waals surface area contributed by atoms with Gasteiger partial charge in [-0.25, -0.2) is 4.98 Å². The Morgan fingerprint density at radius 3 is 2.86 bits per heavy atom. The number of carbonyl (C=O) groups excluding carboxylic acids is 1. The maximum absolute atomic E-state index is 12.0. The van der Waals surface area contributed by atoms with Gasteiger partial charge in [-0.1, -0.05) is 20.8 Å². The molecule has 0 saturated carbocycles. The van der Waals surface area contributed by atoms with Gasteiger partial charge in [-0.3, -0.25) is 25.3 Å². The summed E-state index contributed by atoms with van der Waals surface area (Å²) in [6.45, 7) is 6.29. The molecule has 0 spiro atoms. The maximum atomic E-state index is 12.0. The quantitative estimate of drug-likeness (QED) is 0.665. The van der Waals surface area contributed by atoms with Gasteiger partial charge in [0.2, 0.25) is 5.69 Å². The van der Waals surface area contributed by atoms with Crippen LogP contribution in [0.2, 0.25) is 0 Å². The van der Waals surface area contributed by atoms with Gasteiger partial charge in [0.1, 0.15) is 6.20 Å². The number of hydrogen-bond acceptors (Lipinski definition) is 6. The number of anilines is 1. The predicted octanol–water partition coefficient (Wildman–Crippen LogP) is 2.62. The minimum Gasteiger partial charge on any atom is -0.296 e. The number of amides is 1. The van der Waals surface area contributed by atoms with Gasteiger partial charge in [-0.05, 0) is 11.8 Å². The summed E-state index contributed by atoms with van der Waals surface area (Å²) in [5, 5.41) is 21.4. The highest BCUT2D eigenvalue weighted by Crippen LogP contribution is 2.24. The molecule has 0 aliphatic rings. The van der Waals surface area contributed by atoms with Crippen molar-refractivity contribution in [3.8, 4) is 0 Å². The lowest BCUT2D eigenvalue weighted by molar-refractivity contribution is -0.385. The molecule has 9 heteroatoms. The molecule has 0 fully saturated rings. The molecule has 2 heterocycles. The Labute approximate surface area is 124 Å². The molecule has 2 N–H and O–H groups in total. The summed E-state index contributed by atoms with van der Waals surface area (Å²) >= 11 is 1.28. The third kappa shape index (κ3) is 3.85. The average Bonchev–Trinajstić information content (AvgIpc) is 2.95. The van der Waals surface area contributed by atoms with Crippen LogP contribution in [0.25, 0.3) is 0 Å². The molecule has 0 radical (unpaired) electrons. The van der Waals surface area contributed by atoms with E-state index in [0.29, 0.717) is 5.13 Å². The van der Waals surface area contributed by atoms with E-state index in [1.165, 1.54) is 11.3 Å². The third-order valence-electron chi connectivity index (χ3n) is 2.53. The molecule has 21 heavy (non-hydrogen) atoms. The molecule has 0 bridgehead atoms. The Bertz CT molecular complexity index is 670. The smallest absolute Gasteiger partial charge is 0.296 e. The number of rotatable bonds is 4. The molecular formula is C12H15N5O3S. The molecule has 0 unspecified atom stereocenters. The number of H-pyrrole nitrogens is 1. The normalized spacial score (nSPS) is 11.4. The molecule has 1 amide bonds. The van der Waals surface area contributed by atoms with Crippen LogP contribution in [0, 0.1) is 15.5 Å². The van der Waals surface area contributed by atoms with E-state index < -0.39 is 10.8 Å². The predicted molar refractivity (Wildman–Crippen MR) is 78.5 cm³/mol. The molecule has 2 aromatic heterocycles. The highest BCUT2D eigenvalue weighted by atomic mass is 32.1. The number of aromatic amines is 1. The second-order valence-electron chi connectivity index (χ2n) is 5.72. The molecule has 112 valence electrons. The Hall–Kier alpha value is -2.29. The largest absolute Gasteiger partial charge is 0.319 e. The maximum Gasteiger partial charge on any atom is 0.319 e. The summed E-state index contributed by atoms with van der Waals surface area (Å²) in [6.07, 6.45) is 1.78. The van der Waals surface area contributed by atoms with Crippen molar-refractivity contribution in [3.63, 3.8) is 0 Å². The highest BCUT2D eigenvalue weighted by Gasteiger charge is 2.23. The van der Waals surface area contributed by atoms with Crippen molar-refractivity contribution in [3.05, 3.63) is 33.1 Å². The van der Waals surface area contributed by atoms with E-state index in [9.17, 15) is 14.9 Å². The number of hydrogen-bond donors (Lipinski definition) is 2. The fourth-order valence-corrected chi connectivity index (χ4v) is 2.44. The van der Waals surface area contributed by atoms with Crippen molar-refractivity contribution >= 4 is 28.1 Å². The van der Waals surface area contributed by atoms with Gasteiger partial charge in [-0.15, -0.1) is 11.3 Å². The average molecular weight is 309 g/mol. The number of aromatic nitrogens is 3. The fraction of sp³-hybridized carbons (Fsp3) is 0.417. The summed E-state index contributed by atoms with van der Waals surface area (Å²) in [7, 11) is 0. The zero-order valence-electron chi connectivity index (χ0n) is 11.8. The summed E-state index contributed by atoms with van der Waals surface area (Å²) in [5.74, 6) is -0.629. The van der Waals surface area contributed by atoms with E-state index in [2.05, 4.69) is 41.3 Å². The summed E-state index contributed by atoms with van der Waals surface area (Å²) in [6, 6.07) is 0. The van der Waals surface area contributed by atoms with Crippen molar-refractivity contribution < 1.29 is 9.72 Å². The molecule has 0 atom stereocenters. The number of nitrogens with one attached hydrogen (secondary N) is 2. The zero-order valence-corrected chi connectivity index (χ0v) is 12.7. The first-order chi connectivity index (χ1) is 9.76. The number of thiazole rings is 1. The van der Waals surface area contributed by atoms with Crippen LogP contribution in [0.15, 0.2) is 11.6 Å². The molecule has 2 rings (SSSR count). The highest BCUT2D eigenvalue weighted by molar-refractivity contribution is 7.14. The topological polar surface area (TPSA) is 114 Å². The van der Waals surface area contributed by atoms with E-state index in [1.807, 2.05) is 5.38 Å². The molecule has 0 saturated heterocycles. The van der Waals surface area contributed by atoms with Gasteiger partial charge < -0.3 is 0 Å². The van der Waals surface area contributed by atoms with Crippen LogP contribution in [-0.2, 0) is 6.42 Å². The second kappa shape index (κ2) is 5.60. The number of nitro groups is 1. The van der Waals surface area contributed by atoms with Crippen LogP contribution in [-0.4, -0.2) is 26.0 Å². The van der Waals surface area contributed by atoms with Crippen LogP contribution in [0.4, 0.5) is 10.8 Å². The lowest BCUT2D eigenvalue weighted by Crippen LogP contribution is -2.14. The lowest BCUT2D eigenvalue weighted by atomic mass is 9.91. The van der Waals surface area contributed by atoms with E-state index in [-0.39, 0.29) is 16.8 Å².